The topological polar surface area (TPSA) is 105 Å². The molecule has 102 valence electrons. The number of aliphatic hydroxyl groups excluding tert-OH is 2. The lowest BCUT2D eigenvalue weighted by atomic mass is 9.98. The molecule has 0 amide bonds. The number of rotatable bonds is 0. The smallest absolute Gasteiger partial charge is 0.242 e. The molecule has 0 unspecified atom stereocenters. The number of nitrogens with two attached hydrogens (primary N) is 1. The predicted octanol–water partition coefficient (Wildman–Crippen LogP) is 1.60. The van der Waals surface area contributed by atoms with E-state index in [2.05, 4.69) is 14.9 Å². The van der Waals surface area contributed by atoms with Crippen LogP contribution in [0.4, 0.5) is 5.88 Å². The van der Waals surface area contributed by atoms with Crippen molar-refractivity contribution in [3.8, 4) is 0 Å². The Morgan fingerprint density at radius 1 is 1.24 bits per heavy atom. The molecule has 2 rings (SSSR count). The van der Waals surface area contributed by atoms with E-state index in [0.717, 1.165) is 20.0 Å². The largest absolute Gasteiger partial charge is 0.400 e. The summed E-state index contributed by atoms with van der Waals surface area (Å²) < 4.78 is 4.25. The molecule has 0 atom stereocenters. The fourth-order valence-corrected chi connectivity index (χ4v) is 1.26. The summed E-state index contributed by atoms with van der Waals surface area (Å²) >= 11 is 0. The van der Waals surface area contributed by atoms with Gasteiger partial charge in [-0.1, -0.05) is 33.1 Å². The molecular formula is C11H25N3O3. The quantitative estimate of drug-likeness (QED) is 0.643. The summed E-state index contributed by atoms with van der Waals surface area (Å²) in [5, 5.41) is 22.3. The fourth-order valence-electron chi connectivity index (χ4n) is 1.26. The second-order valence-electron chi connectivity index (χ2n) is 3.11. The molecule has 1 heterocycles. The predicted molar refractivity (Wildman–Crippen MR) is 67.3 cm³/mol. The summed E-state index contributed by atoms with van der Waals surface area (Å²) in [5.74, 6) is 0.245. The summed E-state index contributed by atoms with van der Waals surface area (Å²) in [6.45, 7) is 4.00. The molecule has 0 radical (unpaired) electrons. The normalized spacial score (nSPS) is 14.2. The summed E-state index contributed by atoms with van der Waals surface area (Å²) in [7, 11) is 1.00. The third-order valence-corrected chi connectivity index (χ3v) is 1.95. The standard InChI is InChI=1S/C6H12O.C2H3N3O.C2H6.CH4O/c7-6-4-2-1-3-5-6;3-2-1-4-5-6-2;2*1-2/h6-7H,1-5H2;1H,3H2;1-2H3;2H,1H3. The van der Waals surface area contributed by atoms with Gasteiger partial charge in [-0.25, -0.2) is 0 Å². The maximum atomic E-state index is 8.91. The third kappa shape index (κ3) is 12.8. The van der Waals surface area contributed by atoms with Crippen molar-refractivity contribution in [3.63, 3.8) is 0 Å². The molecule has 0 bridgehead atoms. The van der Waals surface area contributed by atoms with Crippen LogP contribution in [0.15, 0.2) is 10.7 Å². The van der Waals surface area contributed by atoms with Gasteiger partial charge in [0.1, 0.15) is 6.20 Å². The van der Waals surface area contributed by atoms with Gasteiger partial charge in [0.2, 0.25) is 5.88 Å². The Labute approximate surface area is 103 Å². The lowest BCUT2D eigenvalue weighted by Gasteiger charge is -2.14. The Balaban J connectivity index is 0. The number of nitrogens with zero attached hydrogens (tertiary/aromatic N) is 2. The molecule has 6 nitrogen and oxygen atoms in total. The van der Waals surface area contributed by atoms with E-state index in [0.29, 0.717) is 0 Å². The van der Waals surface area contributed by atoms with Gasteiger partial charge in [-0.2, -0.15) is 0 Å². The van der Waals surface area contributed by atoms with Crippen LogP contribution in [0.5, 0.6) is 0 Å². The van der Waals surface area contributed by atoms with Crippen molar-refractivity contribution in [1.82, 2.24) is 10.4 Å². The molecule has 1 saturated carbocycles. The van der Waals surface area contributed by atoms with Gasteiger partial charge in [0.25, 0.3) is 0 Å². The van der Waals surface area contributed by atoms with E-state index >= 15 is 0 Å². The van der Waals surface area contributed by atoms with E-state index in [1.54, 1.807) is 0 Å². The van der Waals surface area contributed by atoms with Crippen molar-refractivity contribution in [2.45, 2.75) is 52.1 Å². The van der Waals surface area contributed by atoms with E-state index in [-0.39, 0.29) is 12.0 Å². The highest BCUT2D eigenvalue weighted by Crippen LogP contribution is 2.16. The number of aromatic nitrogens is 2. The van der Waals surface area contributed by atoms with E-state index in [4.69, 9.17) is 15.9 Å². The summed E-state index contributed by atoms with van der Waals surface area (Å²) in [6.07, 6.45) is 7.26. The van der Waals surface area contributed by atoms with E-state index in [1.807, 2.05) is 13.8 Å². The Bertz CT molecular complexity index is 212. The summed E-state index contributed by atoms with van der Waals surface area (Å²) in [6, 6.07) is 0. The molecule has 1 aromatic heterocycles. The van der Waals surface area contributed by atoms with Crippen LogP contribution in [0.25, 0.3) is 0 Å². The lowest BCUT2D eigenvalue weighted by molar-refractivity contribution is 0.130. The number of anilines is 1. The maximum Gasteiger partial charge on any atom is 0.242 e. The van der Waals surface area contributed by atoms with Crippen molar-refractivity contribution < 1.29 is 14.7 Å². The average Bonchev–Trinajstić information content (AvgIpc) is 2.87. The Morgan fingerprint density at radius 2 is 1.76 bits per heavy atom. The highest BCUT2D eigenvalue weighted by molar-refractivity contribution is 5.13. The first-order chi connectivity index (χ1) is 8.29. The average molecular weight is 247 g/mol. The highest BCUT2D eigenvalue weighted by Gasteiger charge is 2.07. The molecule has 4 N–H and O–H groups in total. The van der Waals surface area contributed by atoms with Crippen LogP contribution in [0.3, 0.4) is 0 Å². The minimum atomic E-state index is 0.0359. The molecule has 0 saturated heterocycles. The van der Waals surface area contributed by atoms with E-state index in [9.17, 15) is 0 Å². The second kappa shape index (κ2) is 14.9. The van der Waals surface area contributed by atoms with Crippen molar-refractivity contribution in [3.05, 3.63) is 6.20 Å². The van der Waals surface area contributed by atoms with Gasteiger partial charge >= 0.3 is 0 Å². The van der Waals surface area contributed by atoms with Gasteiger partial charge in [0, 0.05) is 12.4 Å². The van der Waals surface area contributed by atoms with Crippen molar-refractivity contribution >= 4 is 5.88 Å². The number of aliphatic hydroxyl groups is 2. The Morgan fingerprint density at radius 3 is 1.94 bits per heavy atom. The van der Waals surface area contributed by atoms with Crippen molar-refractivity contribution in [2.75, 3.05) is 12.8 Å². The molecule has 1 aliphatic carbocycles. The van der Waals surface area contributed by atoms with Gasteiger partial charge < -0.3 is 20.5 Å². The monoisotopic (exact) mass is 247 g/mol. The Hall–Kier alpha value is -1.14. The van der Waals surface area contributed by atoms with Crippen molar-refractivity contribution in [2.24, 2.45) is 0 Å². The van der Waals surface area contributed by atoms with Crippen LogP contribution in [0.2, 0.25) is 0 Å². The van der Waals surface area contributed by atoms with Crippen LogP contribution in [0, 0.1) is 0 Å². The lowest BCUT2D eigenvalue weighted by Crippen LogP contribution is -2.09. The molecule has 1 aromatic rings. The van der Waals surface area contributed by atoms with Crippen LogP contribution in [0.1, 0.15) is 46.0 Å². The zero-order valence-electron chi connectivity index (χ0n) is 11.0. The first kappa shape index (κ1) is 18.2. The van der Waals surface area contributed by atoms with E-state index in [1.165, 1.54) is 25.5 Å². The fraction of sp³-hybridized carbons (Fsp3) is 0.818. The molecule has 0 aliphatic heterocycles. The summed E-state index contributed by atoms with van der Waals surface area (Å²) in [4.78, 5) is 0. The second-order valence-corrected chi connectivity index (χ2v) is 3.11. The van der Waals surface area contributed by atoms with Gasteiger partial charge in [-0.3, -0.25) is 0 Å². The minimum Gasteiger partial charge on any atom is -0.400 e. The third-order valence-electron chi connectivity index (χ3n) is 1.95. The van der Waals surface area contributed by atoms with Crippen LogP contribution >= 0.6 is 0 Å². The number of hydrogen-bond acceptors (Lipinski definition) is 6. The molecule has 1 aliphatic rings. The van der Waals surface area contributed by atoms with Crippen LogP contribution < -0.4 is 5.73 Å². The first-order valence-corrected chi connectivity index (χ1v) is 5.94. The molecule has 1 fully saturated rings. The van der Waals surface area contributed by atoms with Crippen LogP contribution in [-0.2, 0) is 0 Å². The number of hydrogen-bond donors (Lipinski definition) is 3. The zero-order valence-corrected chi connectivity index (χ0v) is 11.0. The van der Waals surface area contributed by atoms with Crippen molar-refractivity contribution in [1.29, 1.82) is 0 Å². The highest BCUT2D eigenvalue weighted by atomic mass is 16.5. The number of nitrogen functional groups attached to an aromatic ring is 1. The van der Waals surface area contributed by atoms with Crippen LogP contribution in [-0.4, -0.2) is 33.8 Å². The summed E-state index contributed by atoms with van der Waals surface area (Å²) in [5.41, 5.74) is 4.99. The van der Waals surface area contributed by atoms with Gasteiger partial charge in [0.05, 0.1) is 6.10 Å². The first-order valence-electron chi connectivity index (χ1n) is 5.94. The SMILES string of the molecule is CC.CO.Nc1cnno1.OC1CCCCC1. The van der Waals surface area contributed by atoms with Gasteiger partial charge in [0.15, 0.2) is 0 Å². The van der Waals surface area contributed by atoms with E-state index < -0.39 is 0 Å². The maximum absolute atomic E-state index is 8.91. The molecule has 17 heavy (non-hydrogen) atoms. The molecule has 6 heteroatoms. The Kier molecular flexibility index (Phi) is 15.9. The molecule has 0 aromatic carbocycles. The zero-order chi connectivity index (χ0) is 13.5. The molecular weight excluding hydrogens is 222 g/mol. The van der Waals surface area contributed by atoms with Gasteiger partial charge in [-0.15, -0.1) is 5.10 Å². The minimum absolute atomic E-state index is 0.0359. The van der Waals surface area contributed by atoms with Gasteiger partial charge in [-0.05, 0) is 12.8 Å². The molecule has 0 spiro atoms.